The summed E-state index contributed by atoms with van der Waals surface area (Å²) in [7, 11) is 0. The van der Waals surface area contributed by atoms with Crippen molar-refractivity contribution in [2.45, 2.75) is 13.3 Å². The zero-order chi connectivity index (χ0) is 18.8. The first kappa shape index (κ1) is 17.3. The Bertz CT molecular complexity index is 1120. The molecule has 2 aromatic heterocycles. The van der Waals surface area contributed by atoms with Crippen LogP contribution < -0.4 is 5.32 Å². The number of carbonyl (C=O) groups excluding carboxylic acids is 1. The Balaban J connectivity index is 1.59. The van der Waals surface area contributed by atoms with Crippen LogP contribution in [0, 0.1) is 12.7 Å². The fourth-order valence-corrected chi connectivity index (χ4v) is 3.93. The summed E-state index contributed by atoms with van der Waals surface area (Å²) in [5, 5.41) is 4.73. The zero-order valence-corrected chi connectivity index (χ0v) is 15.4. The fourth-order valence-electron chi connectivity index (χ4n) is 2.97. The van der Waals surface area contributed by atoms with Crippen LogP contribution in [-0.4, -0.2) is 15.9 Å². The van der Waals surface area contributed by atoms with Crippen molar-refractivity contribution in [1.82, 2.24) is 9.97 Å². The van der Waals surface area contributed by atoms with Gasteiger partial charge >= 0.3 is 0 Å². The molecular formula is C21H16FN3OS. The van der Waals surface area contributed by atoms with Crippen molar-refractivity contribution >= 4 is 33.8 Å². The first-order valence-corrected chi connectivity index (χ1v) is 9.27. The van der Waals surface area contributed by atoms with Gasteiger partial charge in [0, 0.05) is 22.0 Å². The molecule has 0 bridgehead atoms. The van der Waals surface area contributed by atoms with Crippen molar-refractivity contribution in [2.24, 2.45) is 0 Å². The number of rotatable bonds is 4. The molecule has 0 saturated carbocycles. The summed E-state index contributed by atoms with van der Waals surface area (Å²) in [6.07, 6.45) is 1.93. The van der Waals surface area contributed by atoms with E-state index >= 15 is 0 Å². The summed E-state index contributed by atoms with van der Waals surface area (Å²) >= 11 is 1.48. The Morgan fingerprint density at radius 1 is 1.11 bits per heavy atom. The number of fused-ring (bicyclic) bond motifs is 1. The maximum Gasteiger partial charge on any atom is 0.229 e. The van der Waals surface area contributed by atoms with Gasteiger partial charge in [0.25, 0.3) is 0 Å². The van der Waals surface area contributed by atoms with Crippen LogP contribution in [0.2, 0.25) is 0 Å². The first-order valence-electron chi connectivity index (χ1n) is 8.46. The average molecular weight is 377 g/mol. The molecule has 2 aromatic carbocycles. The minimum atomic E-state index is -0.297. The van der Waals surface area contributed by atoms with Gasteiger partial charge in [0.05, 0.1) is 28.3 Å². The predicted molar refractivity (Wildman–Crippen MR) is 106 cm³/mol. The molecule has 4 aromatic rings. The van der Waals surface area contributed by atoms with Gasteiger partial charge in [-0.15, -0.1) is 11.3 Å². The number of halogens is 1. The van der Waals surface area contributed by atoms with Gasteiger partial charge in [-0.05, 0) is 55.5 Å². The maximum atomic E-state index is 13.2. The van der Waals surface area contributed by atoms with Crippen LogP contribution in [0.1, 0.15) is 9.88 Å². The third kappa shape index (κ3) is 3.71. The molecule has 0 aliphatic rings. The van der Waals surface area contributed by atoms with Crippen LogP contribution in [0.15, 0.2) is 60.8 Å². The van der Waals surface area contributed by atoms with E-state index in [2.05, 4.69) is 15.3 Å². The quantitative estimate of drug-likeness (QED) is 0.545. The molecule has 0 saturated heterocycles. The molecule has 6 heteroatoms. The van der Waals surface area contributed by atoms with Gasteiger partial charge in [-0.2, -0.15) is 0 Å². The molecule has 0 unspecified atom stereocenters. The van der Waals surface area contributed by atoms with Crippen molar-refractivity contribution in [1.29, 1.82) is 0 Å². The van der Waals surface area contributed by atoms with Gasteiger partial charge in [-0.1, -0.05) is 6.07 Å². The van der Waals surface area contributed by atoms with Crippen molar-refractivity contribution in [2.75, 3.05) is 5.32 Å². The number of thiazole rings is 1. The molecule has 0 spiro atoms. The molecule has 0 aliphatic heterocycles. The molecule has 4 nitrogen and oxygen atoms in total. The van der Waals surface area contributed by atoms with Crippen LogP contribution in [0.3, 0.4) is 0 Å². The summed E-state index contributed by atoms with van der Waals surface area (Å²) in [6.45, 7) is 1.90. The van der Waals surface area contributed by atoms with E-state index in [0.29, 0.717) is 0 Å². The summed E-state index contributed by atoms with van der Waals surface area (Å²) in [5.74, 6) is -0.423. The normalized spacial score (nSPS) is 10.9. The van der Waals surface area contributed by atoms with Crippen LogP contribution in [0.4, 0.5) is 10.1 Å². The summed E-state index contributed by atoms with van der Waals surface area (Å²) < 4.78 is 13.2. The summed E-state index contributed by atoms with van der Waals surface area (Å²) in [5.41, 5.74) is 3.09. The number of carbonyl (C=O) groups is 1. The van der Waals surface area contributed by atoms with Crippen LogP contribution >= 0.6 is 11.3 Å². The number of nitrogens with one attached hydrogen (secondary N) is 1. The Kier molecular flexibility index (Phi) is 4.64. The van der Waals surface area contributed by atoms with Gasteiger partial charge in [-0.3, -0.25) is 9.78 Å². The minimum absolute atomic E-state index is 0.127. The molecule has 4 rings (SSSR count). The maximum absolute atomic E-state index is 13.2. The Hall–Kier alpha value is -3.12. The molecule has 27 heavy (non-hydrogen) atoms. The molecule has 1 amide bonds. The molecule has 0 atom stereocenters. The predicted octanol–water partition coefficient (Wildman–Crippen LogP) is 4.99. The van der Waals surface area contributed by atoms with Crippen LogP contribution in [0.5, 0.6) is 0 Å². The van der Waals surface area contributed by atoms with E-state index < -0.39 is 0 Å². The van der Waals surface area contributed by atoms with E-state index in [4.69, 9.17) is 0 Å². The zero-order valence-electron chi connectivity index (χ0n) is 14.6. The van der Waals surface area contributed by atoms with Gasteiger partial charge in [0.1, 0.15) is 5.82 Å². The lowest BCUT2D eigenvalue weighted by Crippen LogP contribution is -2.14. The number of benzene rings is 2. The van der Waals surface area contributed by atoms with Crippen molar-refractivity contribution in [3.05, 3.63) is 76.5 Å². The number of anilines is 1. The molecule has 134 valence electrons. The SMILES string of the molecule is Cc1nc(-c2ccc(F)cc2)c(CC(=O)Nc2cccc3ncccc23)s1. The number of hydrogen-bond acceptors (Lipinski definition) is 4. The summed E-state index contributed by atoms with van der Waals surface area (Å²) in [4.78, 5) is 22.4. The van der Waals surface area contributed by atoms with Crippen LogP contribution in [0.25, 0.3) is 22.2 Å². The Labute approximate surface area is 159 Å². The number of aryl methyl sites for hydroxylation is 1. The third-order valence-corrected chi connectivity index (χ3v) is 5.13. The molecular weight excluding hydrogens is 361 g/mol. The van der Waals surface area contributed by atoms with E-state index in [9.17, 15) is 9.18 Å². The average Bonchev–Trinajstić information content (AvgIpc) is 3.02. The Morgan fingerprint density at radius 3 is 2.74 bits per heavy atom. The first-order chi connectivity index (χ1) is 13.1. The number of hydrogen-bond donors (Lipinski definition) is 1. The number of nitrogens with zero attached hydrogens (tertiary/aromatic N) is 2. The van der Waals surface area contributed by atoms with Crippen molar-refractivity contribution in [3.8, 4) is 11.3 Å². The van der Waals surface area contributed by atoms with Gasteiger partial charge < -0.3 is 5.32 Å². The van der Waals surface area contributed by atoms with E-state index in [1.807, 2.05) is 37.3 Å². The second-order valence-electron chi connectivity index (χ2n) is 6.11. The van der Waals surface area contributed by atoms with Gasteiger partial charge in [-0.25, -0.2) is 9.37 Å². The molecule has 0 radical (unpaired) electrons. The summed E-state index contributed by atoms with van der Waals surface area (Å²) in [6, 6.07) is 15.6. The fraction of sp³-hybridized carbons (Fsp3) is 0.0952. The van der Waals surface area contributed by atoms with Crippen LogP contribution in [-0.2, 0) is 11.2 Å². The van der Waals surface area contributed by atoms with Crippen molar-refractivity contribution in [3.63, 3.8) is 0 Å². The van der Waals surface area contributed by atoms with Gasteiger partial charge in [0.2, 0.25) is 5.91 Å². The molecule has 2 heterocycles. The number of amides is 1. The van der Waals surface area contributed by atoms with E-state index in [0.717, 1.165) is 37.7 Å². The smallest absolute Gasteiger partial charge is 0.229 e. The van der Waals surface area contributed by atoms with Crippen molar-refractivity contribution < 1.29 is 9.18 Å². The topological polar surface area (TPSA) is 54.9 Å². The number of aromatic nitrogens is 2. The lowest BCUT2D eigenvalue weighted by atomic mass is 10.1. The second-order valence-corrected chi connectivity index (χ2v) is 7.40. The highest BCUT2D eigenvalue weighted by atomic mass is 32.1. The van der Waals surface area contributed by atoms with Gasteiger partial charge in [0.15, 0.2) is 0 Å². The molecule has 0 aliphatic carbocycles. The standard InChI is InChI=1S/C21H16FN3OS/c1-13-24-21(14-7-9-15(22)10-8-14)19(27-13)12-20(26)25-18-6-2-5-17-16(18)4-3-11-23-17/h2-11H,12H2,1H3,(H,25,26). The Morgan fingerprint density at radius 2 is 1.93 bits per heavy atom. The highest BCUT2D eigenvalue weighted by molar-refractivity contribution is 7.12. The number of pyridine rings is 1. The van der Waals surface area contributed by atoms with E-state index in [1.54, 1.807) is 18.3 Å². The highest BCUT2D eigenvalue weighted by Gasteiger charge is 2.15. The molecule has 0 fully saturated rings. The van der Waals surface area contributed by atoms with E-state index in [1.165, 1.54) is 23.5 Å². The largest absolute Gasteiger partial charge is 0.325 e. The lowest BCUT2D eigenvalue weighted by Gasteiger charge is -2.08. The minimum Gasteiger partial charge on any atom is -0.325 e. The molecule has 1 N–H and O–H groups in total. The monoisotopic (exact) mass is 377 g/mol. The lowest BCUT2D eigenvalue weighted by molar-refractivity contribution is -0.115. The second kappa shape index (κ2) is 7.25. The highest BCUT2D eigenvalue weighted by Crippen LogP contribution is 2.29. The third-order valence-electron chi connectivity index (χ3n) is 4.16. The van der Waals surface area contributed by atoms with E-state index in [-0.39, 0.29) is 18.1 Å².